The highest BCUT2D eigenvalue weighted by Gasteiger charge is 2.35. The van der Waals surface area contributed by atoms with E-state index in [-0.39, 0.29) is 23.7 Å². The molecule has 7 nitrogen and oxygen atoms in total. The summed E-state index contributed by atoms with van der Waals surface area (Å²) in [5, 5.41) is 9.50. The number of hydrogen-bond donors (Lipinski definition) is 2. The van der Waals surface area contributed by atoms with Crippen LogP contribution in [-0.2, 0) is 11.8 Å². The van der Waals surface area contributed by atoms with Gasteiger partial charge in [0.15, 0.2) is 5.82 Å². The van der Waals surface area contributed by atoms with Crippen molar-refractivity contribution in [3.05, 3.63) is 65.1 Å². The largest absolute Gasteiger partial charge is 0.469 e. The third-order valence-electron chi connectivity index (χ3n) is 4.37. The minimum Gasteiger partial charge on any atom is -0.469 e. The number of aromatic nitrogens is 2. The monoisotopic (exact) mass is 372 g/mol. The summed E-state index contributed by atoms with van der Waals surface area (Å²) in [6, 6.07) is 6.11. The van der Waals surface area contributed by atoms with E-state index in [2.05, 4.69) is 15.7 Å². The normalized spacial score (nSPS) is 16.0. The molecular weight excluding hydrogens is 358 g/mol. The van der Waals surface area contributed by atoms with E-state index in [4.69, 9.17) is 4.42 Å². The Bertz CT molecular complexity index is 1040. The highest BCUT2D eigenvalue weighted by molar-refractivity contribution is 6.05. The van der Waals surface area contributed by atoms with Gasteiger partial charge in [0.1, 0.15) is 23.2 Å². The van der Waals surface area contributed by atoms with Crippen molar-refractivity contribution in [2.45, 2.75) is 12.3 Å². The molecule has 0 unspecified atom stereocenters. The Morgan fingerprint density at radius 3 is 2.89 bits per heavy atom. The number of halogens is 2. The number of furan rings is 1. The highest BCUT2D eigenvalue weighted by Crippen LogP contribution is 2.41. The Balaban J connectivity index is 1.73. The van der Waals surface area contributed by atoms with E-state index in [0.717, 1.165) is 12.1 Å². The second-order valence-electron chi connectivity index (χ2n) is 6.13. The summed E-state index contributed by atoms with van der Waals surface area (Å²) in [5.74, 6) is -2.07. The van der Waals surface area contributed by atoms with E-state index in [1.807, 2.05) is 0 Å². The van der Waals surface area contributed by atoms with Gasteiger partial charge in [-0.25, -0.2) is 8.78 Å². The number of amides is 2. The van der Waals surface area contributed by atoms with Crippen LogP contribution in [0.5, 0.6) is 0 Å². The van der Waals surface area contributed by atoms with Crippen molar-refractivity contribution in [1.82, 2.24) is 9.78 Å². The van der Waals surface area contributed by atoms with Gasteiger partial charge >= 0.3 is 0 Å². The van der Waals surface area contributed by atoms with Crippen molar-refractivity contribution in [2.24, 2.45) is 7.05 Å². The van der Waals surface area contributed by atoms with Gasteiger partial charge in [-0.05, 0) is 24.3 Å². The molecular formula is C18H14F2N4O3. The van der Waals surface area contributed by atoms with Gasteiger partial charge in [-0.1, -0.05) is 0 Å². The van der Waals surface area contributed by atoms with Crippen LogP contribution in [0, 0.1) is 11.6 Å². The molecule has 0 saturated heterocycles. The van der Waals surface area contributed by atoms with E-state index in [1.165, 1.54) is 10.9 Å². The summed E-state index contributed by atoms with van der Waals surface area (Å²) in [6.45, 7) is 0. The molecule has 1 atom stereocenters. The average Bonchev–Trinajstić information content (AvgIpc) is 3.23. The van der Waals surface area contributed by atoms with Gasteiger partial charge < -0.3 is 15.1 Å². The quantitative estimate of drug-likeness (QED) is 0.740. The first-order valence-electron chi connectivity index (χ1n) is 8.10. The minimum absolute atomic E-state index is 0.111. The predicted octanol–water partition coefficient (Wildman–Crippen LogP) is 3.02. The molecule has 27 heavy (non-hydrogen) atoms. The maximum absolute atomic E-state index is 13.9. The SMILES string of the molecule is Cn1nc(NC(=O)c2ccc(F)cc2F)c2c1NC(=O)C[C@@H]2c1ccco1. The first kappa shape index (κ1) is 17.0. The molecule has 1 aliphatic rings. The van der Waals surface area contributed by atoms with Crippen molar-refractivity contribution in [2.75, 3.05) is 10.6 Å². The molecule has 9 heteroatoms. The van der Waals surface area contributed by atoms with Gasteiger partial charge in [-0.3, -0.25) is 14.3 Å². The smallest absolute Gasteiger partial charge is 0.259 e. The van der Waals surface area contributed by atoms with Crippen LogP contribution in [0.15, 0.2) is 41.0 Å². The first-order chi connectivity index (χ1) is 12.9. The summed E-state index contributed by atoms with van der Waals surface area (Å²) in [5.41, 5.74) is 0.244. The molecule has 0 aliphatic carbocycles. The van der Waals surface area contributed by atoms with E-state index < -0.39 is 23.5 Å². The zero-order valence-electron chi connectivity index (χ0n) is 14.1. The van der Waals surface area contributed by atoms with Crippen molar-refractivity contribution in [3.63, 3.8) is 0 Å². The number of fused-ring (bicyclic) bond motifs is 1. The summed E-state index contributed by atoms with van der Waals surface area (Å²) in [7, 11) is 1.61. The van der Waals surface area contributed by atoms with Gasteiger partial charge in [0, 0.05) is 19.5 Å². The Morgan fingerprint density at radius 1 is 1.37 bits per heavy atom. The molecule has 1 aliphatic heterocycles. The lowest BCUT2D eigenvalue weighted by Gasteiger charge is -2.22. The number of anilines is 2. The molecule has 2 amide bonds. The number of nitrogens with zero attached hydrogens (tertiary/aromatic N) is 2. The summed E-state index contributed by atoms with van der Waals surface area (Å²) in [6.07, 6.45) is 1.60. The minimum atomic E-state index is -0.979. The van der Waals surface area contributed by atoms with Crippen molar-refractivity contribution in [3.8, 4) is 0 Å². The van der Waals surface area contributed by atoms with E-state index >= 15 is 0 Å². The van der Waals surface area contributed by atoms with Crippen LogP contribution in [0.25, 0.3) is 0 Å². The van der Waals surface area contributed by atoms with Crippen molar-refractivity contribution < 1.29 is 22.8 Å². The van der Waals surface area contributed by atoms with Crippen molar-refractivity contribution >= 4 is 23.5 Å². The van der Waals surface area contributed by atoms with Gasteiger partial charge in [-0.2, -0.15) is 5.10 Å². The van der Waals surface area contributed by atoms with E-state index in [1.54, 1.807) is 19.2 Å². The standard InChI is InChI=1S/C18H14F2N4O3/c1-24-17-15(11(8-14(25)21-17)13-3-2-6-27-13)16(23-24)22-18(26)10-5-4-9(19)7-12(10)20/h2-7,11H,8H2,1H3,(H,21,25)(H,22,23,26)/t11-/m1/s1. The molecule has 0 radical (unpaired) electrons. The number of hydrogen-bond acceptors (Lipinski definition) is 4. The first-order valence-corrected chi connectivity index (χ1v) is 8.10. The lowest BCUT2D eigenvalue weighted by atomic mass is 9.91. The average molecular weight is 372 g/mol. The zero-order valence-corrected chi connectivity index (χ0v) is 14.1. The third-order valence-corrected chi connectivity index (χ3v) is 4.37. The van der Waals surface area contributed by atoms with Gasteiger partial charge in [0.05, 0.1) is 23.3 Å². The number of benzene rings is 1. The molecule has 0 fully saturated rings. The maximum atomic E-state index is 13.9. The molecule has 138 valence electrons. The van der Waals surface area contributed by atoms with Crippen LogP contribution in [0.4, 0.5) is 20.4 Å². The fraction of sp³-hybridized carbons (Fsp3) is 0.167. The summed E-state index contributed by atoms with van der Waals surface area (Å²) in [4.78, 5) is 24.5. The third kappa shape index (κ3) is 2.97. The molecule has 0 bridgehead atoms. The van der Waals surface area contributed by atoms with Crippen LogP contribution < -0.4 is 10.6 Å². The maximum Gasteiger partial charge on any atom is 0.259 e. The number of carbonyl (C=O) groups is 2. The Morgan fingerprint density at radius 2 is 2.19 bits per heavy atom. The zero-order chi connectivity index (χ0) is 19.1. The number of nitrogens with one attached hydrogen (secondary N) is 2. The van der Waals surface area contributed by atoms with Gasteiger partial charge in [0.2, 0.25) is 5.91 Å². The predicted molar refractivity (Wildman–Crippen MR) is 91.3 cm³/mol. The molecule has 3 aromatic rings. The Kier molecular flexibility index (Phi) is 3.98. The molecule has 2 aromatic heterocycles. The lowest BCUT2D eigenvalue weighted by Crippen LogP contribution is -2.25. The molecule has 0 spiro atoms. The van der Waals surface area contributed by atoms with Crippen LogP contribution in [0.3, 0.4) is 0 Å². The van der Waals surface area contributed by atoms with Gasteiger partial charge in [-0.15, -0.1) is 0 Å². The highest BCUT2D eigenvalue weighted by atomic mass is 19.1. The van der Waals surface area contributed by atoms with E-state index in [0.29, 0.717) is 23.2 Å². The second kappa shape index (κ2) is 6.35. The molecule has 4 rings (SSSR count). The molecule has 2 N–H and O–H groups in total. The van der Waals surface area contributed by atoms with Gasteiger partial charge in [0.25, 0.3) is 5.91 Å². The Hall–Kier alpha value is -3.49. The molecule has 3 heterocycles. The second-order valence-corrected chi connectivity index (χ2v) is 6.13. The van der Waals surface area contributed by atoms with Crippen LogP contribution in [0.1, 0.15) is 34.0 Å². The van der Waals surface area contributed by atoms with Crippen LogP contribution >= 0.6 is 0 Å². The fourth-order valence-electron chi connectivity index (χ4n) is 3.16. The molecule has 0 saturated carbocycles. The summed E-state index contributed by atoms with van der Waals surface area (Å²) >= 11 is 0. The fourth-order valence-corrected chi connectivity index (χ4v) is 3.16. The number of aryl methyl sites for hydroxylation is 1. The lowest BCUT2D eigenvalue weighted by molar-refractivity contribution is -0.116. The number of rotatable bonds is 3. The topological polar surface area (TPSA) is 89.2 Å². The van der Waals surface area contributed by atoms with Crippen LogP contribution in [-0.4, -0.2) is 21.6 Å². The number of carbonyl (C=O) groups excluding carboxylic acids is 2. The molecule has 1 aromatic carbocycles. The summed E-state index contributed by atoms with van der Waals surface area (Å²) < 4.78 is 33.8. The van der Waals surface area contributed by atoms with Crippen molar-refractivity contribution in [1.29, 1.82) is 0 Å². The van der Waals surface area contributed by atoms with Crippen LogP contribution in [0.2, 0.25) is 0 Å². The Labute approximate surface area is 152 Å². The van der Waals surface area contributed by atoms with E-state index in [9.17, 15) is 18.4 Å².